The molecule has 0 unspecified atom stereocenters. The second kappa shape index (κ2) is 5.65. The van der Waals surface area contributed by atoms with Gasteiger partial charge in [0.15, 0.2) is 17.2 Å². The van der Waals surface area contributed by atoms with Crippen LogP contribution in [0.25, 0.3) is 11.0 Å². The number of carbonyl (C=O) groups is 1. The van der Waals surface area contributed by atoms with E-state index >= 15 is 0 Å². The molecule has 1 heterocycles. The van der Waals surface area contributed by atoms with Crippen LogP contribution >= 0.6 is 0 Å². The molecule has 0 fully saturated rings. The molecule has 4 heteroatoms. The van der Waals surface area contributed by atoms with Crippen molar-refractivity contribution >= 4 is 16.9 Å². The van der Waals surface area contributed by atoms with Crippen molar-refractivity contribution in [3.8, 4) is 0 Å². The van der Waals surface area contributed by atoms with E-state index in [2.05, 4.69) is 13.8 Å². The highest BCUT2D eigenvalue weighted by atomic mass is 19.1. The zero-order valence-electron chi connectivity index (χ0n) is 12.4. The maximum Gasteiger partial charge on any atom is 0.289 e. The minimum absolute atomic E-state index is 0.161. The number of halogens is 1. The normalized spacial score (nSPS) is 11.3. The molecule has 108 valence electrons. The summed E-state index contributed by atoms with van der Waals surface area (Å²) in [5.74, 6) is 0.0128. The quantitative estimate of drug-likeness (QED) is 0.846. The fourth-order valence-electron chi connectivity index (χ4n) is 2.35. The number of para-hydroxylation sites is 1. The van der Waals surface area contributed by atoms with Crippen LogP contribution in [-0.2, 0) is 0 Å². The van der Waals surface area contributed by atoms with Crippen molar-refractivity contribution in [1.82, 2.24) is 4.90 Å². The molecule has 1 aromatic heterocycles. The maximum atomic E-state index is 13.7. The van der Waals surface area contributed by atoms with Crippen molar-refractivity contribution in [1.29, 1.82) is 0 Å². The summed E-state index contributed by atoms with van der Waals surface area (Å²) in [7, 11) is 0. The highest BCUT2D eigenvalue weighted by Gasteiger charge is 2.23. The largest absolute Gasteiger partial charge is 0.448 e. The van der Waals surface area contributed by atoms with Crippen molar-refractivity contribution in [3.63, 3.8) is 0 Å². The Morgan fingerprint density at radius 3 is 2.65 bits per heavy atom. The molecular weight excluding hydrogens is 257 g/mol. The molecule has 0 spiro atoms. The number of nitrogens with zero attached hydrogens (tertiary/aromatic N) is 1. The van der Waals surface area contributed by atoms with Crippen LogP contribution in [0.4, 0.5) is 4.39 Å². The summed E-state index contributed by atoms with van der Waals surface area (Å²) < 4.78 is 19.2. The highest BCUT2D eigenvalue weighted by molar-refractivity contribution is 5.99. The third kappa shape index (κ3) is 2.55. The van der Waals surface area contributed by atoms with Gasteiger partial charge < -0.3 is 9.32 Å². The predicted molar refractivity (Wildman–Crippen MR) is 77.3 cm³/mol. The van der Waals surface area contributed by atoms with Gasteiger partial charge >= 0.3 is 0 Å². The molecule has 0 aliphatic carbocycles. The average molecular weight is 277 g/mol. The molecule has 2 rings (SSSR count). The number of furan rings is 1. The van der Waals surface area contributed by atoms with E-state index in [1.165, 1.54) is 6.07 Å². The molecule has 20 heavy (non-hydrogen) atoms. The number of aryl methyl sites for hydroxylation is 1. The van der Waals surface area contributed by atoms with E-state index in [9.17, 15) is 9.18 Å². The lowest BCUT2D eigenvalue weighted by Gasteiger charge is -2.22. The number of hydrogen-bond donors (Lipinski definition) is 0. The second-order valence-electron chi connectivity index (χ2n) is 5.41. The zero-order chi connectivity index (χ0) is 14.9. The first kappa shape index (κ1) is 14.6. The Labute approximate surface area is 118 Å². The summed E-state index contributed by atoms with van der Waals surface area (Å²) in [6.07, 6.45) is 0. The van der Waals surface area contributed by atoms with Crippen molar-refractivity contribution in [3.05, 3.63) is 35.3 Å². The van der Waals surface area contributed by atoms with Gasteiger partial charge in [0, 0.05) is 24.0 Å². The monoisotopic (exact) mass is 277 g/mol. The molecule has 0 radical (unpaired) electrons. The predicted octanol–water partition coefficient (Wildman–Crippen LogP) is 4.00. The molecule has 1 amide bonds. The average Bonchev–Trinajstić information content (AvgIpc) is 2.74. The minimum Gasteiger partial charge on any atom is -0.448 e. The van der Waals surface area contributed by atoms with Gasteiger partial charge in [0.25, 0.3) is 5.91 Å². The maximum absolute atomic E-state index is 13.7. The van der Waals surface area contributed by atoms with Gasteiger partial charge in [0.05, 0.1) is 0 Å². The molecule has 0 aliphatic heterocycles. The Morgan fingerprint density at radius 2 is 2.10 bits per heavy atom. The number of hydrogen-bond acceptors (Lipinski definition) is 2. The lowest BCUT2D eigenvalue weighted by atomic mass is 10.1. The first-order valence-electron chi connectivity index (χ1n) is 6.92. The van der Waals surface area contributed by atoms with E-state index in [4.69, 9.17) is 4.42 Å². The summed E-state index contributed by atoms with van der Waals surface area (Å²) in [5, 5.41) is 0.661. The van der Waals surface area contributed by atoms with Crippen LogP contribution in [0.15, 0.2) is 22.6 Å². The molecular formula is C16H20FNO2. The zero-order valence-corrected chi connectivity index (χ0v) is 12.4. The van der Waals surface area contributed by atoms with Crippen molar-refractivity contribution in [2.75, 3.05) is 13.1 Å². The molecule has 3 nitrogen and oxygen atoms in total. The fraction of sp³-hybridized carbons (Fsp3) is 0.438. The van der Waals surface area contributed by atoms with Crippen LogP contribution in [0, 0.1) is 18.7 Å². The van der Waals surface area contributed by atoms with E-state index in [1.807, 2.05) is 6.92 Å². The number of rotatable bonds is 4. The Bertz CT molecular complexity index is 631. The summed E-state index contributed by atoms with van der Waals surface area (Å²) in [6.45, 7) is 9.10. The molecule has 0 saturated heterocycles. The standard InChI is InChI=1S/C16H20FNO2/c1-5-18(9-10(2)3)16(19)14-11(4)12-7-6-8-13(17)15(12)20-14/h6-8,10H,5,9H2,1-4H3. The first-order valence-corrected chi connectivity index (χ1v) is 6.92. The van der Waals surface area contributed by atoms with Crippen molar-refractivity contribution in [2.45, 2.75) is 27.7 Å². The van der Waals surface area contributed by atoms with Gasteiger partial charge in [-0.3, -0.25) is 4.79 Å². The van der Waals surface area contributed by atoms with Gasteiger partial charge in [-0.25, -0.2) is 4.39 Å². The third-order valence-electron chi connectivity index (χ3n) is 3.36. The van der Waals surface area contributed by atoms with E-state index in [0.29, 0.717) is 30.0 Å². The van der Waals surface area contributed by atoms with Crippen LogP contribution in [0.1, 0.15) is 36.9 Å². The van der Waals surface area contributed by atoms with Gasteiger partial charge in [0.2, 0.25) is 0 Å². The summed E-state index contributed by atoms with van der Waals surface area (Å²) in [5.41, 5.74) is 0.862. The van der Waals surface area contributed by atoms with Crippen LogP contribution in [0.2, 0.25) is 0 Å². The molecule has 0 aliphatic rings. The molecule has 0 saturated carbocycles. The third-order valence-corrected chi connectivity index (χ3v) is 3.36. The Kier molecular flexibility index (Phi) is 4.12. The van der Waals surface area contributed by atoms with Crippen LogP contribution in [0.3, 0.4) is 0 Å². The molecule has 0 N–H and O–H groups in total. The van der Waals surface area contributed by atoms with Crippen molar-refractivity contribution in [2.24, 2.45) is 5.92 Å². The summed E-state index contributed by atoms with van der Waals surface area (Å²) in [4.78, 5) is 14.3. The molecule has 2 aromatic rings. The molecule has 1 aromatic carbocycles. The van der Waals surface area contributed by atoms with E-state index < -0.39 is 5.82 Å². The Hall–Kier alpha value is -1.84. The number of benzene rings is 1. The summed E-state index contributed by atoms with van der Waals surface area (Å²) in [6, 6.07) is 4.73. The van der Waals surface area contributed by atoms with Gasteiger partial charge in [-0.05, 0) is 25.8 Å². The van der Waals surface area contributed by atoms with Gasteiger partial charge in [-0.1, -0.05) is 26.0 Å². The van der Waals surface area contributed by atoms with Gasteiger partial charge in [0.1, 0.15) is 0 Å². The first-order chi connectivity index (χ1) is 9.45. The van der Waals surface area contributed by atoms with Gasteiger partial charge in [-0.2, -0.15) is 0 Å². The van der Waals surface area contributed by atoms with Gasteiger partial charge in [-0.15, -0.1) is 0 Å². The number of carbonyl (C=O) groups excluding carboxylic acids is 1. The number of amides is 1. The SMILES string of the molecule is CCN(CC(C)C)C(=O)c1oc2c(F)cccc2c1C. The van der Waals surface area contributed by atoms with E-state index in [1.54, 1.807) is 24.0 Å². The second-order valence-corrected chi connectivity index (χ2v) is 5.41. The molecule has 0 atom stereocenters. The topological polar surface area (TPSA) is 33.5 Å². The van der Waals surface area contributed by atoms with Crippen molar-refractivity contribution < 1.29 is 13.6 Å². The summed E-state index contributed by atoms with van der Waals surface area (Å²) >= 11 is 0. The van der Waals surface area contributed by atoms with E-state index in [0.717, 1.165) is 0 Å². The van der Waals surface area contributed by atoms with E-state index in [-0.39, 0.29) is 17.3 Å². The fourth-order valence-corrected chi connectivity index (χ4v) is 2.35. The highest BCUT2D eigenvalue weighted by Crippen LogP contribution is 2.28. The van der Waals surface area contributed by atoms with Crippen LogP contribution in [-0.4, -0.2) is 23.9 Å². The van der Waals surface area contributed by atoms with Crippen LogP contribution < -0.4 is 0 Å². The smallest absolute Gasteiger partial charge is 0.289 e. The molecule has 0 bridgehead atoms. The Morgan fingerprint density at radius 1 is 1.40 bits per heavy atom. The lowest BCUT2D eigenvalue weighted by Crippen LogP contribution is -2.34. The minimum atomic E-state index is -0.434. The Balaban J connectivity index is 2.44. The lowest BCUT2D eigenvalue weighted by molar-refractivity contribution is 0.0715. The van der Waals surface area contributed by atoms with Crippen LogP contribution in [0.5, 0.6) is 0 Å². The number of fused-ring (bicyclic) bond motifs is 1.